The summed E-state index contributed by atoms with van der Waals surface area (Å²) in [5, 5.41) is 5.60. The molecule has 0 aromatic heterocycles. The van der Waals surface area contributed by atoms with Gasteiger partial charge in [0, 0.05) is 24.9 Å². The van der Waals surface area contributed by atoms with Crippen molar-refractivity contribution in [3.8, 4) is 0 Å². The van der Waals surface area contributed by atoms with Crippen LogP contribution in [0, 0.1) is 0 Å². The van der Waals surface area contributed by atoms with Crippen molar-refractivity contribution in [1.29, 1.82) is 0 Å². The van der Waals surface area contributed by atoms with Crippen LogP contribution in [0.15, 0.2) is 18.2 Å². The van der Waals surface area contributed by atoms with Crippen LogP contribution in [-0.4, -0.2) is 31.6 Å². The third-order valence-corrected chi connectivity index (χ3v) is 2.87. The quantitative estimate of drug-likeness (QED) is 0.817. The van der Waals surface area contributed by atoms with Gasteiger partial charge in [-0.1, -0.05) is 11.6 Å². The van der Waals surface area contributed by atoms with Gasteiger partial charge in [0.2, 0.25) is 0 Å². The Morgan fingerprint density at radius 2 is 2.11 bits per heavy atom. The Morgan fingerprint density at radius 3 is 2.63 bits per heavy atom. The molecule has 104 valence electrons. The first kappa shape index (κ1) is 15.5. The zero-order chi connectivity index (χ0) is 14.4. The molecule has 1 atom stereocenters. The Hall–Kier alpha value is -1.59. The van der Waals surface area contributed by atoms with Crippen LogP contribution in [0.25, 0.3) is 0 Å². The zero-order valence-corrected chi connectivity index (χ0v) is 11.9. The third kappa shape index (κ3) is 4.89. The lowest BCUT2D eigenvalue weighted by molar-refractivity contribution is 0.101. The van der Waals surface area contributed by atoms with E-state index in [4.69, 9.17) is 16.3 Å². The summed E-state index contributed by atoms with van der Waals surface area (Å²) in [5.74, 6) is -0.116. The molecule has 0 heterocycles. The minimum atomic E-state index is -0.351. The van der Waals surface area contributed by atoms with Crippen molar-refractivity contribution in [1.82, 2.24) is 5.32 Å². The Bertz CT molecular complexity index is 477. The molecule has 1 rings (SSSR count). The average molecular weight is 285 g/mol. The van der Waals surface area contributed by atoms with Crippen molar-refractivity contribution in [2.75, 3.05) is 19.0 Å². The average Bonchev–Trinajstić information content (AvgIpc) is 2.35. The monoisotopic (exact) mass is 284 g/mol. The minimum Gasteiger partial charge on any atom is -0.380 e. The normalized spacial score (nSPS) is 11.8. The first-order chi connectivity index (χ1) is 8.93. The highest BCUT2D eigenvalue weighted by atomic mass is 35.5. The molecule has 2 amide bonds. The number of ether oxygens (including phenoxy) is 1. The second kappa shape index (κ2) is 7.11. The number of carbonyl (C=O) groups excluding carboxylic acids is 2. The Morgan fingerprint density at radius 1 is 1.42 bits per heavy atom. The molecule has 6 heteroatoms. The Labute approximate surface area is 117 Å². The van der Waals surface area contributed by atoms with Gasteiger partial charge in [0.1, 0.15) is 0 Å². The molecular weight excluding hydrogens is 268 g/mol. The van der Waals surface area contributed by atoms with E-state index >= 15 is 0 Å². The van der Waals surface area contributed by atoms with E-state index in [2.05, 4.69) is 10.6 Å². The Kier molecular flexibility index (Phi) is 5.79. The summed E-state index contributed by atoms with van der Waals surface area (Å²) >= 11 is 5.95. The highest BCUT2D eigenvalue weighted by Crippen LogP contribution is 2.21. The molecular formula is C13H17ClN2O3. The number of nitrogens with one attached hydrogen (secondary N) is 2. The number of carbonyl (C=O) groups is 2. The molecule has 0 aliphatic heterocycles. The minimum absolute atomic E-state index is 0.0607. The van der Waals surface area contributed by atoms with Crippen LogP contribution in [0.1, 0.15) is 24.2 Å². The number of anilines is 1. The maximum Gasteiger partial charge on any atom is 0.319 e. The lowest BCUT2D eigenvalue weighted by atomic mass is 10.1. The standard InChI is InChI=1S/C13H17ClN2O3/c1-8(19-3)7-15-13(18)16-10-4-5-11(9(2)17)12(14)6-10/h4-6,8H,7H2,1-3H3,(H2,15,16,18)/t8-/m1/s1. The smallest absolute Gasteiger partial charge is 0.319 e. The second-order valence-electron chi connectivity index (χ2n) is 4.13. The molecule has 0 aliphatic carbocycles. The molecule has 0 radical (unpaired) electrons. The van der Waals surface area contributed by atoms with Gasteiger partial charge < -0.3 is 15.4 Å². The molecule has 1 aromatic carbocycles. The number of hydrogen-bond acceptors (Lipinski definition) is 3. The van der Waals surface area contributed by atoms with E-state index in [9.17, 15) is 9.59 Å². The van der Waals surface area contributed by atoms with Gasteiger partial charge >= 0.3 is 6.03 Å². The maximum atomic E-state index is 11.6. The topological polar surface area (TPSA) is 67.4 Å². The molecule has 2 N–H and O–H groups in total. The van der Waals surface area contributed by atoms with Crippen molar-refractivity contribution < 1.29 is 14.3 Å². The van der Waals surface area contributed by atoms with Crippen molar-refractivity contribution in [2.45, 2.75) is 20.0 Å². The molecule has 0 unspecified atom stereocenters. The van der Waals surface area contributed by atoms with E-state index in [1.54, 1.807) is 19.2 Å². The summed E-state index contributed by atoms with van der Waals surface area (Å²) in [6.07, 6.45) is -0.0607. The van der Waals surface area contributed by atoms with Gasteiger partial charge in [0.05, 0.1) is 11.1 Å². The first-order valence-corrected chi connectivity index (χ1v) is 6.20. The van der Waals surface area contributed by atoms with Crippen molar-refractivity contribution in [3.63, 3.8) is 0 Å². The largest absolute Gasteiger partial charge is 0.380 e. The third-order valence-electron chi connectivity index (χ3n) is 2.56. The Balaban J connectivity index is 2.60. The molecule has 0 spiro atoms. The number of amides is 2. The molecule has 19 heavy (non-hydrogen) atoms. The van der Waals surface area contributed by atoms with Crippen LogP contribution in [0.2, 0.25) is 5.02 Å². The fourth-order valence-corrected chi connectivity index (χ4v) is 1.69. The number of rotatable bonds is 5. The van der Waals surface area contributed by atoms with E-state index in [1.807, 2.05) is 6.92 Å². The fraction of sp³-hybridized carbons (Fsp3) is 0.385. The number of benzene rings is 1. The summed E-state index contributed by atoms with van der Waals surface area (Å²) in [4.78, 5) is 22.8. The highest BCUT2D eigenvalue weighted by molar-refractivity contribution is 6.34. The number of Topliss-reactive ketones (excluding diaryl/α,β-unsaturated/α-hetero) is 1. The van der Waals surface area contributed by atoms with Gasteiger partial charge in [-0.05, 0) is 32.0 Å². The lowest BCUT2D eigenvalue weighted by Gasteiger charge is -2.12. The molecule has 0 fully saturated rings. The molecule has 1 aromatic rings. The van der Waals surface area contributed by atoms with Gasteiger partial charge in [0.15, 0.2) is 5.78 Å². The van der Waals surface area contributed by atoms with Crippen LogP contribution in [0.3, 0.4) is 0 Å². The predicted molar refractivity (Wildman–Crippen MR) is 74.9 cm³/mol. The number of ketones is 1. The van der Waals surface area contributed by atoms with Gasteiger partial charge in [-0.25, -0.2) is 4.79 Å². The van der Waals surface area contributed by atoms with Crippen LogP contribution < -0.4 is 10.6 Å². The number of urea groups is 1. The van der Waals surface area contributed by atoms with E-state index in [0.29, 0.717) is 22.8 Å². The van der Waals surface area contributed by atoms with Gasteiger partial charge in [0.25, 0.3) is 0 Å². The maximum absolute atomic E-state index is 11.6. The summed E-state index contributed by atoms with van der Waals surface area (Å²) in [5.41, 5.74) is 0.957. The number of halogens is 1. The molecule has 5 nitrogen and oxygen atoms in total. The summed E-state index contributed by atoms with van der Waals surface area (Å²) in [6.45, 7) is 3.69. The predicted octanol–water partition coefficient (Wildman–Crippen LogP) is 2.70. The first-order valence-electron chi connectivity index (χ1n) is 5.82. The van der Waals surface area contributed by atoms with Gasteiger partial charge in [-0.2, -0.15) is 0 Å². The molecule has 0 aliphatic rings. The van der Waals surface area contributed by atoms with Crippen molar-refractivity contribution >= 4 is 29.1 Å². The van der Waals surface area contributed by atoms with E-state index in [0.717, 1.165) is 0 Å². The summed E-state index contributed by atoms with van der Waals surface area (Å²) < 4.78 is 5.01. The van der Waals surface area contributed by atoms with Gasteiger partial charge in [-0.15, -0.1) is 0 Å². The number of methoxy groups -OCH3 is 1. The molecule has 0 saturated heterocycles. The molecule has 0 bridgehead atoms. The SMILES string of the molecule is CO[C@H](C)CNC(=O)Nc1ccc(C(C)=O)c(Cl)c1. The highest BCUT2D eigenvalue weighted by Gasteiger charge is 2.08. The van der Waals surface area contributed by atoms with Crippen LogP contribution in [0.4, 0.5) is 10.5 Å². The molecule has 0 saturated carbocycles. The van der Waals surface area contributed by atoms with Crippen LogP contribution >= 0.6 is 11.6 Å². The summed E-state index contributed by atoms with van der Waals surface area (Å²) in [6, 6.07) is 4.40. The van der Waals surface area contributed by atoms with Crippen molar-refractivity contribution in [2.24, 2.45) is 0 Å². The van der Waals surface area contributed by atoms with Crippen LogP contribution in [-0.2, 0) is 4.74 Å². The van der Waals surface area contributed by atoms with E-state index in [1.165, 1.54) is 13.0 Å². The van der Waals surface area contributed by atoms with Crippen molar-refractivity contribution in [3.05, 3.63) is 28.8 Å². The van der Waals surface area contributed by atoms with Gasteiger partial charge in [-0.3, -0.25) is 4.79 Å². The second-order valence-corrected chi connectivity index (χ2v) is 4.54. The fourth-order valence-electron chi connectivity index (χ4n) is 1.37. The van der Waals surface area contributed by atoms with E-state index < -0.39 is 0 Å². The zero-order valence-electron chi connectivity index (χ0n) is 11.1. The summed E-state index contributed by atoms with van der Waals surface area (Å²) in [7, 11) is 1.57. The number of hydrogen-bond donors (Lipinski definition) is 2. The lowest BCUT2D eigenvalue weighted by Crippen LogP contribution is -2.34. The van der Waals surface area contributed by atoms with Crippen LogP contribution in [0.5, 0.6) is 0 Å². The van der Waals surface area contributed by atoms with E-state index in [-0.39, 0.29) is 17.9 Å².